The minimum atomic E-state index is -4.87. The first-order valence-electron chi connectivity index (χ1n) is 8.57. The van der Waals surface area contributed by atoms with Gasteiger partial charge < -0.3 is 0 Å². The lowest BCUT2D eigenvalue weighted by Gasteiger charge is -2.12. The lowest BCUT2D eigenvalue weighted by molar-refractivity contribution is -0.138. The van der Waals surface area contributed by atoms with Gasteiger partial charge in [0.15, 0.2) is 5.78 Å². The number of carbonyl (C=O) groups is 1. The zero-order chi connectivity index (χ0) is 22.3. The molecule has 158 valence electrons. The summed E-state index contributed by atoms with van der Waals surface area (Å²) in [7, 11) is 0. The molecule has 9 heteroatoms. The summed E-state index contributed by atoms with van der Waals surface area (Å²) in [4.78, 5) is 12.5. The molecule has 1 aliphatic carbocycles. The van der Waals surface area contributed by atoms with E-state index >= 15 is 0 Å². The zero-order valence-corrected chi connectivity index (χ0v) is 15.0. The molecule has 2 aromatic rings. The Morgan fingerprint density at radius 1 is 0.667 bits per heavy atom. The standard InChI is InChI=1S/C21H12F8O/c22-17-5-1-3-15(20(24,25)26)13(17)9-11-7-8-12(19(11)30)10-14-16(21(27,28)29)4-2-6-18(14)23/h1-6,9-10H,7-8H2/b11-9+,12-10+. The van der Waals surface area contributed by atoms with Gasteiger partial charge in [0.25, 0.3) is 0 Å². The number of benzene rings is 2. The Morgan fingerprint density at radius 2 is 1.03 bits per heavy atom. The summed E-state index contributed by atoms with van der Waals surface area (Å²) < 4.78 is 107. The van der Waals surface area contributed by atoms with Gasteiger partial charge in [0.2, 0.25) is 0 Å². The molecular weight excluding hydrogens is 420 g/mol. The van der Waals surface area contributed by atoms with Crippen molar-refractivity contribution in [3.8, 4) is 0 Å². The number of carbonyl (C=O) groups excluding carboxylic acids is 1. The molecule has 0 aliphatic heterocycles. The molecular formula is C21H12F8O. The van der Waals surface area contributed by atoms with Crippen LogP contribution in [0, 0.1) is 11.6 Å². The normalized spacial score (nSPS) is 17.9. The van der Waals surface area contributed by atoms with Crippen molar-refractivity contribution in [3.05, 3.63) is 81.4 Å². The lowest BCUT2D eigenvalue weighted by Crippen LogP contribution is -2.10. The van der Waals surface area contributed by atoms with Crippen molar-refractivity contribution >= 4 is 17.9 Å². The van der Waals surface area contributed by atoms with Crippen LogP contribution in [-0.4, -0.2) is 5.78 Å². The summed E-state index contributed by atoms with van der Waals surface area (Å²) in [5, 5.41) is 0. The van der Waals surface area contributed by atoms with Crippen LogP contribution in [0.4, 0.5) is 35.1 Å². The molecule has 2 aromatic carbocycles. The van der Waals surface area contributed by atoms with Gasteiger partial charge >= 0.3 is 12.4 Å². The molecule has 0 unspecified atom stereocenters. The largest absolute Gasteiger partial charge is 0.417 e. The lowest BCUT2D eigenvalue weighted by atomic mass is 10.0. The van der Waals surface area contributed by atoms with Gasteiger partial charge in [0, 0.05) is 22.3 Å². The van der Waals surface area contributed by atoms with E-state index < -0.39 is 52.0 Å². The molecule has 0 spiro atoms. The van der Waals surface area contributed by atoms with E-state index in [2.05, 4.69) is 0 Å². The minimum absolute atomic E-state index is 0.119. The molecule has 0 radical (unpaired) electrons. The average molecular weight is 432 g/mol. The van der Waals surface area contributed by atoms with Gasteiger partial charge in [-0.1, -0.05) is 12.1 Å². The molecule has 1 nitrogen and oxygen atoms in total. The smallest absolute Gasteiger partial charge is 0.289 e. The molecule has 0 N–H and O–H groups in total. The minimum Gasteiger partial charge on any atom is -0.289 e. The van der Waals surface area contributed by atoms with E-state index in [1.165, 1.54) is 0 Å². The van der Waals surface area contributed by atoms with Crippen LogP contribution < -0.4 is 0 Å². The van der Waals surface area contributed by atoms with Crippen LogP contribution in [0.15, 0.2) is 47.5 Å². The number of allylic oxidation sites excluding steroid dienone is 2. The van der Waals surface area contributed by atoms with Crippen LogP contribution >= 0.6 is 0 Å². The molecule has 0 heterocycles. The van der Waals surface area contributed by atoms with Crippen molar-refractivity contribution in [2.24, 2.45) is 0 Å². The SMILES string of the molecule is O=C1/C(=C/c2c(F)cccc2C(F)(F)F)CC/C1=C\c1c(F)cccc1C(F)(F)F. The van der Waals surface area contributed by atoms with Crippen molar-refractivity contribution in [2.45, 2.75) is 25.2 Å². The second-order valence-corrected chi connectivity index (χ2v) is 6.57. The molecule has 0 amide bonds. The van der Waals surface area contributed by atoms with Crippen LogP contribution in [0.2, 0.25) is 0 Å². The van der Waals surface area contributed by atoms with E-state index in [4.69, 9.17) is 0 Å². The fraction of sp³-hybridized carbons (Fsp3) is 0.190. The van der Waals surface area contributed by atoms with E-state index in [9.17, 15) is 39.9 Å². The van der Waals surface area contributed by atoms with E-state index in [0.29, 0.717) is 12.1 Å². The van der Waals surface area contributed by atoms with Crippen LogP contribution in [0.5, 0.6) is 0 Å². The number of rotatable bonds is 2. The van der Waals surface area contributed by atoms with Gasteiger partial charge in [-0.05, 0) is 49.3 Å². The fourth-order valence-electron chi connectivity index (χ4n) is 3.19. The summed E-state index contributed by atoms with van der Waals surface area (Å²) in [6.07, 6.45) is -8.49. The monoisotopic (exact) mass is 432 g/mol. The number of halogens is 8. The Balaban J connectivity index is 2.04. The molecule has 1 aliphatic rings. The Labute approximate surface area is 165 Å². The second kappa shape index (κ2) is 7.70. The molecule has 30 heavy (non-hydrogen) atoms. The Bertz CT molecular complexity index is 974. The van der Waals surface area contributed by atoms with E-state index in [-0.39, 0.29) is 24.0 Å². The molecule has 0 bridgehead atoms. The topological polar surface area (TPSA) is 17.1 Å². The van der Waals surface area contributed by atoms with Gasteiger partial charge in [-0.15, -0.1) is 0 Å². The maximum atomic E-state index is 14.0. The van der Waals surface area contributed by atoms with Crippen LogP contribution in [-0.2, 0) is 17.1 Å². The van der Waals surface area contributed by atoms with Gasteiger partial charge in [-0.2, -0.15) is 26.3 Å². The number of alkyl halides is 6. The highest BCUT2D eigenvalue weighted by Crippen LogP contribution is 2.38. The summed E-state index contributed by atoms with van der Waals surface area (Å²) in [6.45, 7) is 0. The third-order valence-electron chi connectivity index (χ3n) is 4.60. The molecule has 1 saturated carbocycles. The van der Waals surface area contributed by atoms with Crippen LogP contribution in [0.3, 0.4) is 0 Å². The highest BCUT2D eigenvalue weighted by Gasteiger charge is 2.36. The average Bonchev–Trinajstić information content (AvgIpc) is 2.96. The number of ketones is 1. The van der Waals surface area contributed by atoms with Crippen molar-refractivity contribution in [2.75, 3.05) is 0 Å². The maximum Gasteiger partial charge on any atom is 0.417 e. The first kappa shape index (κ1) is 21.7. The first-order valence-corrected chi connectivity index (χ1v) is 8.57. The van der Waals surface area contributed by atoms with E-state index in [1.54, 1.807) is 0 Å². The van der Waals surface area contributed by atoms with Crippen molar-refractivity contribution in [1.29, 1.82) is 0 Å². The summed E-state index contributed by atoms with van der Waals surface area (Å²) in [6, 6.07) is 4.65. The van der Waals surface area contributed by atoms with Crippen LogP contribution in [0.25, 0.3) is 12.2 Å². The third-order valence-corrected chi connectivity index (χ3v) is 4.60. The Kier molecular flexibility index (Phi) is 5.58. The summed E-state index contributed by atoms with van der Waals surface area (Å²) >= 11 is 0. The van der Waals surface area contributed by atoms with Gasteiger partial charge in [-0.25, -0.2) is 8.78 Å². The zero-order valence-electron chi connectivity index (χ0n) is 15.0. The molecule has 3 rings (SSSR count). The van der Waals surface area contributed by atoms with Gasteiger partial charge in [0.1, 0.15) is 11.6 Å². The van der Waals surface area contributed by atoms with Crippen LogP contribution in [0.1, 0.15) is 35.1 Å². The predicted octanol–water partition coefficient (Wildman–Crippen LogP) is 6.83. The quantitative estimate of drug-likeness (QED) is 0.376. The molecule has 1 fully saturated rings. The predicted molar refractivity (Wildman–Crippen MR) is 93.0 cm³/mol. The van der Waals surface area contributed by atoms with Gasteiger partial charge in [0.05, 0.1) is 11.1 Å². The third kappa shape index (κ3) is 4.29. The summed E-state index contributed by atoms with van der Waals surface area (Å²) in [5.74, 6) is -3.25. The molecule has 0 saturated heterocycles. The Hall–Kier alpha value is -2.97. The van der Waals surface area contributed by atoms with E-state index in [1.807, 2.05) is 0 Å². The number of Topliss-reactive ketones (excluding diaryl/α,β-unsaturated/α-hetero) is 1. The van der Waals surface area contributed by atoms with Crippen molar-refractivity contribution < 1.29 is 39.9 Å². The second-order valence-electron chi connectivity index (χ2n) is 6.57. The highest BCUT2D eigenvalue weighted by molar-refractivity contribution is 6.15. The van der Waals surface area contributed by atoms with E-state index in [0.717, 1.165) is 36.4 Å². The molecule has 0 atom stereocenters. The van der Waals surface area contributed by atoms with Crippen molar-refractivity contribution in [1.82, 2.24) is 0 Å². The Morgan fingerprint density at radius 3 is 1.37 bits per heavy atom. The maximum absolute atomic E-state index is 14.0. The highest BCUT2D eigenvalue weighted by atomic mass is 19.4. The van der Waals surface area contributed by atoms with Crippen molar-refractivity contribution in [3.63, 3.8) is 0 Å². The number of hydrogen-bond donors (Lipinski definition) is 0. The number of hydrogen-bond acceptors (Lipinski definition) is 1. The summed E-state index contributed by atoms with van der Waals surface area (Å²) in [5.41, 5.74) is -4.65. The first-order chi connectivity index (χ1) is 13.9. The molecule has 0 aromatic heterocycles. The van der Waals surface area contributed by atoms with Gasteiger partial charge in [-0.3, -0.25) is 4.79 Å². The fourth-order valence-corrected chi connectivity index (χ4v) is 3.19.